The van der Waals surface area contributed by atoms with Crippen LogP contribution in [0.3, 0.4) is 0 Å². The summed E-state index contributed by atoms with van der Waals surface area (Å²) in [6, 6.07) is -2.18. The van der Waals surface area contributed by atoms with Crippen molar-refractivity contribution in [3.05, 3.63) is 11.7 Å². The number of nitrogens with two attached hydrogens (primary N) is 1. The van der Waals surface area contributed by atoms with Crippen LogP contribution in [-0.2, 0) is 0 Å². The molecule has 1 aliphatic rings. The molecule has 0 amide bonds. The van der Waals surface area contributed by atoms with E-state index >= 15 is 0 Å². The maximum Gasteiger partial charge on any atom is 0.412 e. The summed E-state index contributed by atoms with van der Waals surface area (Å²) < 4.78 is 40.8. The van der Waals surface area contributed by atoms with Crippen LogP contribution in [0, 0.1) is 0 Å². The molecule has 1 fully saturated rings. The highest BCUT2D eigenvalue weighted by molar-refractivity contribution is 5.05. The molecule has 0 saturated heterocycles. The molecule has 1 atom stereocenters. The zero-order chi connectivity index (χ0) is 10.3. The van der Waals surface area contributed by atoms with E-state index in [0.717, 1.165) is 12.8 Å². The van der Waals surface area contributed by atoms with E-state index in [9.17, 15) is 13.2 Å². The Balaban J connectivity index is 2.15. The molecule has 1 heterocycles. The van der Waals surface area contributed by atoms with Gasteiger partial charge in [0.1, 0.15) is 0 Å². The van der Waals surface area contributed by atoms with Crippen molar-refractivity contribution in [2.45, 2.75) is 31.0 Å². The molecular weight excluding hydrogens is 199 g/mol. The van der Waals surface area contributed by atoms with Gasteiger partial charge in [0, 0.05) is 5.92 Å². The second-order valence-electron chi connectivity index (χ2n) is 3.28. The Morgan fingerprint density at radius 2 is 2.07 bits per heavy atom. The second-order valence-corrected chi connectivity index (χ2v) is 3.28. The second kappa shape index (κ2) is 2.94. The Kier molecular flexibility index (Phi) is 1.99. The smallest absolute Gasteiger partial charge is 0.337 e. The Morgan fingerprint density at radius 1 is 1.43 bits per heavy atom. The third-order valence-electron chi connectivity index (χ3n) is 2.02. The number of alkyl halides is 3. The molecule has 2 N–H and O–H groups in total. The van der Waals surface area contributed by atoms with Gasteiger partial charge in [0.25, 0.3) is 5.89 Å². The lowest BCUT2D eigenvalue weighted by molar-refractivity contribution is -0.154. The monoisotopic (exact) mass is 207 g/mol. The van der Waals surface area contributed by atoms with Crippen LogP contribution < -0.4 is 5.73 Å². The third kappa shape index (κ3) is 1.72. The first-order chi connectivity index (χ1) is 6.48. The fourth-order valence-electron chi connectivity index (χ4n) is 1.02. The van der Waals surface area contributed by atoms with Crippen molar-refractivity contribution in [3.8, 4) is 0 Å². The molecule has 0 spiro atoms. The molecule has 78 valence electrons. The van der Waals surface area contributed by atoms with Crippen molar-refractivity contribution in [2.75, 3.05) is 0 Å². The van der Waals surface area contributed by atoms with E-state index in [1.165, 1.54) is 0 Å². The first kappa shape index (κ1) is 9.45. The zero-order valence-corrected chi connectivity index (χ0v) is 7.08. The van der Waals surface area contributed by atoms with Crippen LogP contribution in [-0.4, -0.2) is 16.3 Å². The number of aromatic nitrogens is 2. The van der Waals surface area contributed by atoms with E-state index in [4.69, 9.17) is 5.73 Å². The molecule has 2 rings (SSSR count). The van der Waals surface area contributed by atoms with Crippen LogP contribution in [0.5, 0.6) is 0 Å². The average Bonchev–Trinajstić information content (AvgIpc) is 2.82. The normalized spacial score (nSPS) is 19.7. The van der Waals surface area contributed by atoms with Gasteiger partial charge in [-0.15, -0.1) is 0 Å². The van der Waals surface area contributed by atoms with Gasteiger partial charge in [0.15, 0.2) is 11.9 Å². The molecule has 7 heteroatoms. The summed E-state index contributed by atoms with van der Waals surface area (Å²) in [5.74, 6) is -0.0629. The minimum absolute atomic E-state index is 0.160. The van der Waals surface area contributed by atoms with Crippen molar-refractivity contribution in [1.29, 1.82) is 0 Å². The van der Waals surface area contributed by atoms with Gasteiger partial charge in [-0.3, -0.25) is 0 Å². The van der Waals surface area contributed by atoms with E-state index in [2.05, 4.69) is 14.7 Å². The lowest BCUT2D eigenvalue weighted by atomic mass is 10.3. The number of hydrogen-bond donors (Lipinski definition) is 1. The summed E-state index contributed by atoms with van der Waals surface area (Å²) >= 11 is 0. The third-order valence-corrected chi connectivity index (χ3v) is 2.02. The Bertz CT molecular complexity index is 331. The van der Waals surface area contributed by atoms with Gasteiger partial charge < -0.3 is 10.3 Å². The van der Waals surface area contributed by atoms with E-state index in [0.29, 0.717) is 5.82 Å². The molecule has 1 aromatic heterocycles. The van der Waals surface area contributed by atoms with Crippen molar-refractivity contribution in [3.63, 3.8) is 0 Å². The summed E-state index contributed by atoms with van der Waals surface area (Å²) in [7, 11) is 0. The predicted octanol–water partition coefficient (Wildman–Crippen LogP) is 1.51. The van der Waals surface area contributed by atoms with E-state index < -0.39 is 18.1 Å². The van der Waals surface area contributed by atoms with Gasteiger partial charge in [-0.2, -0.15) is 18.2 Å². The Labute approximate surface area is 77.3 Å². The number of nitrogens with zero attached hydrogens (tertiary/aromatic N) is 2. The summed E-state index contributed by atoms with van der Waals surface area (Å²) in [6.45, 7) is 0. The highest BCUT2D eigenvalue weighted by atomic mass is 19.4. The molecule has 0 radical (unpaired) electrons. The van der Waals surface area contributed by atoms with Gasteiger partial charge in [-0.25, -0.2) is 0 Å². The number of rotatable bonds is 2. The maximum atomic E-state index is 12.1. The average molecular weight is 207 g/mol. The maximum absolute atomic E-state index is 12.1. The van der Waals surface area contributed by atoms with E-state index in [1.807, 2.05) is 0 Å². The molecule has 1 aliphatic carbocycles. The van der Waals surface area contributed by atoms with Crippen LogP contribution in [0.2, 0.25) is 0 Å². The van der Waals surface area contributed by atoms with Gasteiger partial charge in [-0.1, -0.05) is 5.16 Å². The SMILES string of the molecule is NC(c1nc(C2CC2)no1)C(F)(F)F. The van der Waals surface area contributed by atoms with E-state index in [1.54, 1.807) is 0 Å². The molecular formula is C7H8F3N3O. The first-order valence-corrected chi connectivity index (χ1v) is 4.14. The highest BCUT2D eigenvalue weighted by Gasteiger charge is 2.42. The molecule has 1 saturated carbocycles. The van der Waals surface area contributed by atoms with Crippen LogP contribution in [0.1, 0.15) is 36.5 Å². The molecule has 1 aromatic rings. The fourth-order valence-corrected chi connectivity index (χ4v) is 1.02. The lowest BCUT2D eigenvalue weighted by Crippen LogP contribution is -2.28. The van der Waals surface area contributed by atoms with Crippen molar-refractivity contribution in [2.24, 2.45) is 5.73 Å². The van der Waals surface area contributed by atoms with Crippen molar-refractivity contribution in [1.82, 2.24) is 10.1 Å². The fraction of sp³-hybridized carbons (Fsp3) is 0.714. The summed E-state index contributed by atoms with van der Waals surface area (Å²) in [6.07, 6.45) is -2.73. The van der Waals surface area contributed by atoms with Gasteiger partial charge in [-0.05, 0) is 12.8 Å². The molecule has 0 bridgehead atoms. The summed E-state index contributed by atoms with van der Waals surface area (Å²) in [5.41, 5.74) is 4.88. The molecule has 0 aromatic carbocycles. The topological polar surface area (TPSA) is 64.9 Å². The van der Waals surface area contributed by atoms with Crippen molar-refractivity contribution >= 4 is 0 Å². The van der Waals surface area contributed by atoms with Crippen molar-refractivity contribution < 1.29 is 17.7 Å². The van der Waals surface area contributed by atoms with E-state index in [-0.39, 0.29) is 5.92 Å². The standard InChI is InChI=1S/C7H8F3N3O/c8-7(9,10)4(11)6-12-5(13-14-6)3-1-2-3/h3-4H,1-2,11H2. The molecule has 1 unspecified atom stereocenters. The minimum Gasteiger partial charge on any atom is -0.337 e. The number of hydrogen-bond acceptors (Lipinski definition) is 4. The van der Waals surface area contributed by atoms with Gasteiger partial charge >= 0.3 is 6.18 Å². The van der Waals surface area contributed by atoms with Crippen LogP contribution in [0.4, 0.5) is 13.2 Å². The van der Waals surface area contributed by atoms with Gasteiger partial charge in [0.2, 0.25) is 0 Å². The van der Waals surface area contributed by atoms with Crippen LogP contribution >= 0.6 is 0 Å². The molecule has 0 aliphatic heterocycles. The lowest BCUT2D eigenvalue weighted by Gasteiger charge is -2.09. The first-order valence-electron chi connectivity index (χ1n) is 4.14. The van der Waals surface area contributed by atoms with Gasteiger partial charge in [0.05, 0.1) is 0 Å². The Morgan fingerprint density at radius 3 is 2.57 bits per heavy atom. The largest absolute Gasteiger partial charge is 0.412 e. The molecule has 14 heavy (non-hydrogen) atoms. The zero-order valence-electron chi connectivity index (χ0n) is 7.08. The highest BCUT2D eigenvalue weighted by Crippen LogP contribution is 2.39. The Hall–Kier alpha value is -1.11. The van der Waals surface area contributed by atoms with Crippen LogP contribution in [0.25, 0.3) is 0 Å². The minimum atomic E-state index is -4.53. The predicted molar refractivity (Wildman–Crippen MR) is 39.3 cm³/mol. The van der Waals surface area contributed by atoms with Crippen LogP contribution in [0.15, 0.2) is 4.52 Å². The molecule has 4 nitrogen and oxygen atoms in total. The summed E-state index contributed by atoms with van der Waals surface area (Å²) in [4.78, 5) is 3.62. The summed E-state index contributed by atoms with van der Waals surface area (Å²) in [5, 5.41) is 3.45. The number of halogens is 3. The quantitative estimate of drug-likeness (QED) is 0.798.